The van der Waals surface area contributed by atoms with E-state index in [0.29, 0.717) is 22.6 Å². The smallest absolute Gasteiger partial charge is 0.310 e. The molecule has 1 unspecified atom stereocenters. The molecule has 1 atom stereocenters. The van der Waals surface area contributed by atoms with Gasteiger partial charge in [-0.1, -0.05) is 30.3 Å². The Hall–Kier alpha value is -2.86. The lowest BCUT2D eigenvalue weighted by molar-refractivity contribution is -0.139. The summed E-state index contributed by atoms with van der Waals surface area (Å²) < 4.78 is 15.4. The Morgan fingerprint density at radius 3 is 2.15 bits per heavy atom. The molecule has 0 bridgehead atoms. The number of likely N-dealkylation sites (N-methyl/N-ethyl adjacent to an activating group) is 1. The highest BCUT2D eigenvalue weighted by atomic mass is 16.5. The second-order valence-corrected chi connectivity index (χ2v) is 5.61. The quantitative estimate of drug-likeness (QED) is 0.578. The van der Waals surface area contributed by atoms with Crippen LogP contribution in [0.25, 0.3) is 0 Å². The van der Waals surface area contributed by atoms with Crippen molar-refractivity contribution in [2.75, 3.05) is 28.4 Å². The molecule has 6 nitrogen and oxygen atoms in total. The van der Waals surface area contributed by atoms with Crippen molar-refractivity contribution in [3.8, 4) is 11.5 Å². The van der Waals surface area contributed by atoms with Crippen LogP contribution in [0, 0.1) is 0 Å². The van der Waals surface area contributed by atoms with Crippen LogP contribution in [0.4, 0.5) is 0 Å². The van der Waals surface area contributed by atoms with Gasteiger partial charge < -0.3 is 19.5 Å². The van der Waals surface area contributed by atoms with E-state index in [2.05, 4.69) is 5.32 Å². The van der Waals surface area contributed by atoms with Crippen LogP contribution >= 0.6 is 0 Å². The molecule has 2 aromatic rings. The topological polar surface area (TPSA) is 73.9 Å². The zero-order valence-corrected chi connectivity index (χ0v) is 15.4. The van der Waals surface area contributed by atoms with Gasteiger partial charge in [0, 0.05) is 5.56 Å². The predicted octanol–water partition coefficient (Wildman–Crippen LogP) is 2.56. The number of carbonyl (C=O) groups is 2. The third kappa shape index (κ3) is 4.21. The fourth-order valence-corrected chi connectivity index (χ4v) is 2.77. The van der Waals surface area contributed by atoms with E-state index in [-0.39, 0.29) is 12.2 Å². The summed E-state index contributed by atoms with van der Waals surface area (Å²) in [6, 6.07) is 12.1. The second kappa shape index (κ2) is 9.01. The normalized spacial score (nSPS) is 11.5. The maximum Gasteiger partial charge on any atom is 0.310 e. The van der Waals surface area contributed by atoms with E-state index in [9.17, 15) is 9.59 Å². The van der Waals surface area contributed by atoms with Crippen molar-refractivity contribution in [3.05, 3.63) is 59.2 Å². The summed E-state index contributed by atoms with van der Waals surface area (Å²) >= 11 is 0. The number of ketones is 1. The number of methoxy groups -OCH3 is 3. The molecular weight excluding hydrogens is 334 g/mol. The molecular formula is C20H23NO5. The number of rotatable bonds is 8. The van der Waals surface area contributed by atoms with Gasteiger partial charge in [-0.05, 0) is 30.3 Å². The molecule has 26 heavy (non-hydrogen) atoms. The standard InChI is InChI=1S/C20H23NO5/c1-21-19(13-8-6-5-7-9-13)20(23)15-12-17(25-3)16(24-2)10-14(15)11-18(22)26-4/h5-10,12,19,21H,11H2,1-4H3. The van der Waals surface area contributed by atoms with Gasteiger partial charge in [0.1, 0.15) is 0 Å². The first-order chi connectivity index (χ1) is 12.5. The molecule has 6 heteroatoms. The summed E-state index contributed by atoms with van der Waals surface area (Å²) in [5.74, 6) is 0.265. The molecule has 2 rings (SSSR count). The van der Waals surface area contributed by atoms with Crippen molar-refractivity contribution in [1.82, 2.24) is 5.32 Å². The highest BCUT2D eigenvalue weighted by Gasteiger charge is 2.25. The third-order valence-corrected chi connectivity index (χ3v) is 4.12. The van der Waals surface area contributed by atoms with Gasteiger partial charge in [-0.2, -0.15) is 0 Å². The average molecular weight is 357 g/mol. The highest BCUT2D eigenvalue weighted by molar-refractivity contribution is 6.03. The van der Waals surface area contributed by atoms with Gasteiger partial charge in [0.15, 0.2) is 17.3 Å². The number of hydrogen-bond donors (Lipinski definition) is 1. The summed E-state index contributed by atoms with van der Waals surface area (Å²) in [5, 5.41) is 3.04. The van der Waals surface area contributed by atoms with Gasteiger partial charge >= 0.3 is 5.97 Å². The summed E-state index contributed by atoms with van der Waals surface area (Å²) in [4.78, 5) is 25.0. The summed E-state index contributed by atoms with van der Waals surface area (Å²) in [7, 11) is 6.03. The maximum atomic E-state index is 13.2. The van der Waals surface area contributed by atoms with E-state index in [0.717, 1.165) is 5.56 Å². The number of ether oxygens (including phenoxy) is 3. The van der Waals surface area contributed by atoms with Crippen LogP contribution in [0.1, 0.15) is 27.5 Å². The third-order valence-electron chi connectivity index (χ3n) is 4.12. The number of nitrogens with one attached hydrogen (secondary N) is 1. The lowest BCUT2D eigenvalue weighted by Crippen LogP contribution is -2.27. The second-order valence-electron chi connectivity index (χ2n) is 5.61. The SMILES string of the molecule is CNC(C(=O)c1cc(OC)c(OC)cc1CC(=O)OC)c1ccccc1. The van der Waals surface area contributed by atoms with E-state index < -0.39 is 12.0 Å². The van der Waals surface area contributed by atoms with Gasteiger partial charge in [0.2, 0.25) is 0 Å². The number of esters is 1. The van der Waals surface area contributed by atoms with Crippen molar-refractivity contribution in [2.24, 2.45) is 0 Å². The predicted molar refractivity (Wildman–Crippen MR) is 97.8 cm³/mol. The fraction of sp³-hybridized carbons (Fsp3) is 0.300. The van der Waals surface area contributed by atoms with Crippen LogP contribution < -0.4 is 14.8 Å². The number of benzene rings is 2. The highest BCUT2D eigenvalue weighted by Crippen LogP contribution is 2.33. The van der Waals surface area contributed by atoms with Crippen molar-refractivity contribution in [3.63, 3.8) is 0 Å². The largest absolute Gasteiger partial charge is 0.493 e. The molecule has 0 aliphatic rings. The minimum absolute atomic E-state index is 0.0385. The van der Waals surface area contributed by atoms with E-state index in [1.54, 1.807) is 19.2 Å². The first-order valence-corrected chi connectivity index (χ1v) is 8.13. The van der Waals surface area contributed by atoms with Gasteiger partial charge in [-0.25, -0.2) is 0 Å². The molecule has 0 radical (unpaired) electrons. The first kappa shape index (κ1) is 19.5. The van der Waals surface area contributed by atoms with Crippen molar-refractivity contribution >= 4 is 11.8 Å². The maximum absolute atomic E-state index is 13.2. The zero-order chi connectivity index (χ0) is 19.1. The molecule has 0 spiro atoms. The van der Waals surface area contributed by atoms with Crippen LogP contribution in [0.3, 0.4) is 0 Å². The summed E-state index contributed by atoms with van der Waals surface area (Å²) in [6.07, 6.45) is -0.0385. The molecule has 0 aromatic heterocycles. The Balaban J connectivity index is 2.53. The monoisotopic (exact) mass is 357 g/mol. The number of hydrogen-bond acceptors (Lipinski definition) is 6. The van der Waals surface area contributed by atoms with Gasteiger partial charge in [-0.3, -0.25) is 9.59 Å². The summed E-state index contributed by atoms with van der Waals surface area (Å²) in [5.41, 5.74) is 1.74. The van der Waals surface area contributed by atoms with Crippen molar-refractivity contribution in [1.29, 1.82) is 0 Å². The van der Waals surface area contributed by atoms with E-state index in [4.69, 9.17) is 14.2 Å². The lowest BCUT2D eigenvalue weighted by Gasteiger charge is -2.19. The molecule has 0 aliphatic heterocycles. The Kier molecular flexibility index (Phi) is 6.74. The summed E-state index contributed by atoms with van der Waals surface area (Å²) in [6.45, 7) is 0. The van der Waals surface area contributed by atoms with Crippen molar-refractivity contribution < 1.29 is 23.8 Å². The molecule has 0 amide bonds. The van der Waals surface area contributed by atoms with Crippen molar-refractivity contribution in [2.45, 2.75) is 12.5 Å². The van der Waals surface area contributed by atoms with Crippen LogP contribution in [0.5, 0.6) is 11.5 Å². The van der Waals surface area contributed by atoms with Crippen LogP contribution in [-0.4, -0.2) is 40.1 Å². The van der Waals surface area contributed by atoms with Gasteiger partial charge in [0.05, 0.1) is 33.8 Å². The molecule has 0 saturated carbocycles. The number of carbonyl (C=O) groups excluding carboxylic acids is 2. The van der Waals surface area contributed by atoms with Gasteiger partial charge in [-0.15, -0.1) is 0 Å². The first-order valence-electron chi connectivity index (χ1n) is 8.13. The Labute approximate surface area is 153 Å². The molecule has 0 heterocycles. The number of Topliss-reactive ketones (excluding diaryl/α,β-unsaturated/α-hetero) is 1. The Bertz CT molecular complexity index is 773. The zero-order valence-electron chi connectivity index (χ0n) is 15.4. The van der Waals surface area contributed by atoms with Gasteiger partial charge in [0.25, 0.3) is 0 Å². The average Bonchev–Trinajstić information content (AvgIpc) is 2.68. The van der Waals surface area contributed by atoms with E-state index in [1.165, 1.54) is 21.3 Å². The minimum Gasteiger partial charge on any atom is -0.493 e. The molecule has 1 N–H and O–H groups in total. The van der Waals surface area contributed by atoms with Crippen LogP contribution in [0.2, 0.25) is 0 Å². The lowest BCUT2D eigenvalue weighted by atomic mass is 9.92. The van der Waals surface area contributed by atoms with E-state index >= 15 is 0 Å². The molecule has 0 aliphatic carbocycles. The molecule has 2 aromatic carbocycles. The van der Waals surface area contributed by atoms with Crippen LogP contribution in [0.15, 0.2) is 42.5 Å². The Morgan fingerprint density at radius 2 is 1.62 bits per heavy atom. The fourth-order valence-electron chi connectivity index (χ4n) is 2.77. The van der Waals surface area contributed by atoms with Crippen LogP contribution in [-0.2, 0) is 16.0 Å². The molecule has 0 fully saturated rings. The minimum atomic E-state index is -0.550. The van der Waals surface area contributed by atoms with E-state index in [1.807, 2.05) is 30.3 Å². The molecule has 0 saturated heterocycles. The Morgan fingerprint density at radius 1 is 1.00 bits per heavy atom. The molecule has 138 valence electrons.